The lowest BCUT2D eigenvalue weighted by Gasteiger charge is -2.37. The smallest absolute Gasteiger partial charge is 0.335 e. The number of carbonyl (C=O) groups excluding carboxylic acids is 1. The number of nitrogens with zero attached hydrogens (tertiary/aromatic N) is 1. The van der Waals surface area contributed by atoms with Crippen LogP contribution in [0.5, 0.6) is 0 Å². The fourth-order valence-electron chi connectivity index (χ4n) is 2.40. The summed E-state index contributed by atoms with van der Waals surface area (Å²) in [6.07, 6.45) is 0. The van der Waals surface area contributed by atoms with Gasteiger partial charge < -0.3 is 15.3 Å². The van der Waals surface area contributed by atoms with Gasteiger partial charge in [-0.2, -0.15) is 11.8 Å². The van der Waals surface area contributed by atoms with E-state index in [-0.39, 0.29) is 17.6 Å². The predicted octanol–water partition coefficient (Wildman–Crippen LogP) is 3.05. The van der Waals surface area contributed by atoms with Crippen LogP contribution >= 0.6 is 11.8 Å². The maximum Gasteiger partial charge on any atom is 0.335 e. The van der Waals surface area contributed by atoms with Crippen LogP contribution in [0.1, 0.15) is 29.8 Å². The normalized spacial score (nSPS) is 22.0. The Morgan fingerprint density at radius 2 is 2.10 bits per heavy atom. The minimum atomic E-state index is -0.958. The Bertz CT molecular complexity index is 562. The molecule has 2 atom stereocenters. The van der Waals surface area contributed by atoms with Crippen molar-refractivity contribution in [2.75, 3.05) is 17.6 Å². The van der Waals surface area contributed by atoms with Crippen molar-refractivity contribution in [3.8, 4) is 0 Å². The van der Waals surface area contributed by atoms with Crippen LogP contribution in [0.3, 0.4) is 0 Å². The van der Waals surface area contributed by atoms with Crippen LogP contribution in [0.25, 0.3) is 0 Å². The Labute approximate surface area is 128 Å². The maximum atomic E-state index is 12.3. The van der Waals surface area contributed by atoms with E-state index in [2.05, 4.69) is 19.2 Å². The van der Waals surface area contributed by atoms with Gasteiger partial charge in [-0.25, -0.2) is 9.59 Å². The number of carboxylic acids is 1. The lowest BCUT2D eigenvalue weighted by Crippen LogP contribution is -2.49. The summed E-state index contributed by atoms with van der Waals surface area (Å²) in [5.41, 5.74) is 1.51. The first-order valence-electron chi connectivity index (χ1n) is 6.93. The molecule has 21 heavy (non-hydrogen) atoms. The highest BCUT2D eigenvalue weighted by atomic mass is 32.2. The average Bonchev–Trinajstić information content (AvgIpc) is 2.41. The lowest BCUT2D eigenvalue weighted by molar-refractivity contribution is 0.0696. The molecule has 0 spiro atoms. The topological polar surface area (TPSA) is 69.6 Å². The highest BCUT2D eigenvalue weighted by Gasteiger charge is 2.28. The molecule has 0 saturated carbocycles. The van der Waals surface area contributed by atoms with Gasteiger partial charge in [0.15, 0.2) is 0 Å². The fourth-order valence-corrected chi connectivity index (χ4v) is 3.50. The zero-order valence-electron chi connectivity index (χ0n) is 12.4. The van der Waals surface area contributed by atoms with Crippen molar-refractivity contribution in [2.24, 2.45) is 0 Å². The van der Waals surface area contributed by atoms with Crippen LogP contribution in [-0.2, 0) is 0 Å². The molecular formula is C15H20N2O3S. The summed E-state index contributed by atoms with van der Waals surface area (Å²) in [6, 6.07) is 4.89. The van der Waals surface area contributed by atoms with Gasteiger partial charge in [-0.15, -0.1) is 0 Å². The van der Waals surface area contributed by atoms with Gasteiger partial charge in [-0.3, -0.25) is 0 Å². The number of rotatable bonds is 2. The molecule has 1 aliphatic heterocycles. The number of benzene rings is 1. The molecule has 114 valence electrons. The molecule has 5 nitrogen and oxygen atoms in total. The standard InChI is InChI=1S/C15H20N2O3S/c1-9-8-12(4-5-13(9)14(18)19)16-15(20)17-6-7-21-11(3)10(17)2/h4-5,8,10-11H,6-7H2,1-3H3,(H,16,20)(H,18,19). The van der Waals surface area contributed by atoms with E-state index in [1.807, 2.05) is 16.7 Å². The van der Waals surface area contributed by atoms with Gasteiger partial charge in [0, 0.05) is 29.3 Å². The second-order valence-electron chi connectivity index (χ2n) is 5.27. The van der Waals surface area contributed by atoms with E-state index in [1.54, 1.807) is 19.1 Å². The minimum Gasteiger partial charge on any atom is -0.478 e. The summed E-state index contributed by atoms with van der Waals surface area (Å²) in [5, 5.41) is 12.3. The first-order valence-corrected chi connectivity index (χ1v) is 7.98. The van der Waals surface area contributed by atoms with E-state index in [4.69, 9.17) is 5.11 Å². The van der Waals surface area contributed by atoms with E-state index < -0.39 is 5.97 Å². The first-order chi connectivity index (χ1) is 9.90. The Balaban J connectivity index is 2.09. The number of urea groups is 1. The molecule has 0 aromatic heterocycles. The van der Waals surface area contributed by atoms with Crippen molar-refractivity contribution < 1.29 is 14.7 Å². The molecular weight excluding hydrogens is 288 g/mol. The van der Waals surface area contributed by atoms with Crippen molar-refractivity contribution in [3.05, 3.63) is 29.3 Å². The van der Waals surface area contributed by atoms with Crippen molar-refractivity contribution in [3.63, 3.8) is 0 Å². The van der Waals surface area contributed by atoms with Crippen molar-refractivity contribution in [1.29, 1.82) is 0 Å². The van der Waals surface area contributed by atoms with E-state index in [0.717, 1.165) is 12.3 Å². The summed E-state index contributed by atoms with van der Waals surface area (Å²) in [6.45, 7) is 6.63. The maximum absolute atomic E-state index is 12.3. The van der Waals surface area contributed by atoms with Crippen molar-refractivity contribution in [1.82, 2.24) is 4.90 Å². The number of hydrogen-bond acceptors (Lipinski definition) is 3. The van der Waals surface area contributed by atoms with Crippen molar-refractivity contribution in [2.45, 2.75) is 32.1 Å². The monoisotopic (exact) mass is 308 g/mol. The number of aromatic carboxylic acids is 1. The molecule has 2 amide bonds. The molecule has 1 aromatic rings. The second kappa shape index (κ2) is 6.39. The van der Waals surface area contributed by atoms with Crippen LogP contribution in [0.2, 0.25) is 0 Å². The van der Waals surface area contributed by atoms with E-state index in [0.29, 0.717) is 16.5 Å². The molecule has 2 rings (SSSR count). The molecule has 1 aliphatic rings. The molecule has 1 heterocycles. The Kier molecular flexibility index (Phi) is 4.77. The molecule has 1 fully saturated rings. The zero-order chi connectivity index (χ0) is 15.6. The van der Waals surface area contributed by atoms with E-state index in [1.165, 1.54) is 6.07 Å². The quantitative estimate of drug-likeness (QED) is 0.881. The second-order valence-corrected chi connectivity index (χ2v) is 6.76. The van der Waals surface area contributed by atoms with E-state index >= 15 is 0 Å². The van der Waals surface area contributed by atoms with Crippen molar-refractivity contribution >= 4 is 29.4 Å². The third-order valence-corrected chi connectivity index (χ3v) is 5.19. The molecule has 1 aromatic carbocycles. The van der Waals surface area contributed by atoms with Crippen LogP contribution < -0.4 is 5.32 Å². The third-order valence-electron chi connectivity index (χ3n) is 3.85. The van der Waals surface area contributed by atoms with Crippen LogP contribution in [-0.4, -0.2) is 45.6 Å². The van der Waals surface area contributed by atoms with Gasteiger partial charge in [0.1, 0.15) is 0 Å². The van der Waals surface area contributed by atoms with Crippen LogP contribution in [0, 0.1) is 6.92 Å². The van der Waals surface area contributed by atoms with Crippen LogP contribution in [0.15, 0.2) is 18.2 Å². The van der Waals surface area contributed by atoms with Gasteiger partial charge >= 0.3 is 12.0 Å². The predicted molar refractivity (Wildman–Crippen MR) is 85.2 cm³/mol. The largest absolute Gasteiger partial charge is 0.478 e. The Morgan fingerprint density at radius 1 is 1.38 bits per heavy atom. The number of nitrogens with one attached hydrogen (secondary N) is 1. The number of anilines is 1. The highest BCUT2D eigenvalue weighted by Crippen LogP contribution is 2.25. The van der Waals surface area contributed by atoms with Gasteiger partial charge in [-0.05, 0) is 37.6 Å². The summed E-state index contributed by atoms with van der Waals surface area (Å²) in [7, 11) is 0. The zero-order valence-corrected chi connectivity index (χ0v) is 13.2. The summed E-state index contributed by atoms with van der Waals surface area (Å²) in [5.74, 6) is -0.0171. The van der Waals surface area contributed by atoms with Gasteiger partial charge in [-0.1, -0.05) is 6.92 Å². The van der Waals surface area contributed by atoms with Gasteiger partial charge in [0.05, 0.1) is 5.56 Å². The first kappa shape index (κ1) is 15.7. The number of carboxylic acid groups (broad SMARTS) is 1. The number of hydrogen-bond donors (Lipinski definition) is 2. The number of amides is 2. The summed E-state index contributed by atoms with van der Waals surface area (Å²) < 4.78 is 0. The van der Waals surface area contributed by atoms with Gasteiger partial charge in [0.2, 0.25) is 0 Å². The Hall–Kier alpha value is -1.69. The summed E-state index contributed by atoms with van der Waals surface area (Å²) in [4.78, 5) is 25.2. The molecule has 0 bridgehead atoms. The Morgan fingerprint density at radius 3 is 2.71 bits per heavy atom. The van der Waals surface area contributed by atoms with Crippen LogP contribution in [0.4, 0.5) is 10.5 Å². The highest BCUT2D eigenvalue weighted by molar-refractivity contribution is 8.00. The molecule has 0 radical (unpaired) electrons. The lowest BCUT2D eigenvalue weighted by atomic mass is 10.1. The molecule has 6 heteroatoms. The minimum absolute atomic E-state index is 0.128. The van der Waals surface area contributed by atoms with Gasteiger partial charge in [0.25, 0.3) is 0 Å². The molecule has 2 N–H and O–H groups in total. The SMILES string of the molecule is Cc1cc(NC(=O)N2CCSC(C)C2C)ccc1C(=O)O. The fraction of sp³-hybridized carbons (Fsp3) is 0.467. The molecule has 2 unspecified atom stereocenters. The molecule has 0 aliphatic carbocycles. The third kappa shape index (κ3) is 3.50. The van der Waals surface area contributed by atoms with E-state index in [9.17, 15) is 9.59 Å². The number of thioether (sulfide) groups is 1. The summed E-state index contributed by atoms with van der Waals surface area (Å²) >= 11 is 1.87. The molecule has 1 saturated heterocycles. The average molecular weight is 308 g/mol. The number of aryl methyl sites for hydroxylation is 1. The number of carbonyl (C=O) groups is 2.